The van der Waals surface area contributed by atoms with Crippen LogP contribution in [0.3, 0.4) is 0 Å². The van der Waals surface area contributed by atoms with Gasteiger partial charge in [-0.25, -0.2) is 0 Å². The number of hydrogen-bond acceptors (Lipinski definition) is 6. The Bertz CT molecular complexity index is 567. The van der Waals surface area contributed by atoms with E-state index in [0.717, 1.165) is 18.8 Å². The van der Waals surface area contributed by atoms with E-state index in [4.69, 9.17) is 9.47 Å². The zero-order valence-electron chi connectivity index (χ0n) is 14.3. The molecule has 24 heavy (non-hydrogen) atoms. The van der Waals surface area contributed by atoms with Gasteiger partial charge in [-0.15, -0.1) is 0 Å². The van der Waals surface area contributed by atoms with Crippen LogP contribution in [-0.4, -0.2) is 77.9 Å². The van der Waals surface area contributed by atoms with Crippen LogP contribution in [0, 0.1) is 5.41 Å². The SMILES string of the molecule is CCN1CCO[C@@H](CNC(=O)C2(CO)COC2)[C@@H]1c1ccnn1C. The van der Waals surface area contributed by atoms with E-state index in [1.165, 1.54) is 0 Å². The third kappa shape index (κ3) is 3.06. The van der Waals surface area contributed by atoms with E-state index in [9.17, 15) is 9.90 Å². The lowest BCUT2D eigenvalue weighted by Crippen LogP contribution is -2.58. The van der Waals surface area contributed by atoms with Gasteiger partial charge in [-0.2, -0.15) is 5.10 Å². The molecular formula is C16H26N4O4. The minimum absolute atomic E-state index is 0.0410. The van der Waals surface area contributed by atoms with Crippen LogP contribution in [-0.2, 0) is 21.3 Å². The summed E-state index contributed by atoms with van der Waals surface area (Å²) in [6.45, 7) is 5.25. The van der Waals surface area contributed by atoms with Crippen LogP contribution >= 0.6 is 0 Å². The number of aliphatic hydroxyl groups excluding tert-OH is 1. The van der Waals surface area contributed by atoms with Gasteiger partial charge in [0.15, 0.2) is 0 Å². The van der Waals surface area contributed by atoms with Gasteiger partial charge in [-0.05, 0) is 12.6 Å². The molecule has 8 heteroatoms. The van der Waals surface area contributed by atoms with Gasteiger partial charge < -0.3 is 19.9 Å². The normalized spacial score (nSPS) is 26.8. The molecule has 134 valence electrons. The molecule has 0 saturated carbocycles. The maximum Gasteiger partial charge on any atom is 0.233 e. The van der Waals surface area contributed by atoms with E-state index < -0.39 is 5.41 Å². The number of ether oxygens (including phenoxy) is 2. The Morgan fingerprint density at radius 2 is 2.33 bits per heavy atom. The van der Waals surface area contributed by atoms with E-state index in [1.807, 2.05) is 17.8 Å². The maximum atomic E-state index is 12.4. The average Bonchev–Trinajstić information content (AvgIpc) is 2.97. The van der Waals surface area contributed by atoms with Gasteiger partial charge in [0.25, 0.3) is 0 Å². The van der Waals surface area contributed by atoms with Crippen molar-refractivity contribution >= 4 is 5.91 Å². The van der Waals surface area contributed by atoms with E-state index in [0.29, 0.717) is 13.2 Å². The number of amides is 1. The van der Waals surface area contributed by atoms with Crippen molar-refractivity contribution in [2.45, 2.75) is 19.1 Å². The molecule has 1 aromatic heterocycles. The first kappa shape index (κ1) is 17.3. The number of hydrogen-bond donors (Lipinski definition) is 2. The van der Waals surface area contributed by atoms with Gasteiger partial charge >= 0.3 is 0 Å². The second-order valence-electron chi connectivity index (χ2n) is 6.50. The van der Waals surface area contributed by atoms with Gasteiger partial charge in [-0.3, -0.25) is 14.4 Å². The van der Waals surface area contributed by atoms with Crippen LogP contribution in [0.2, 0.25) is 0 Å². The van der Waals surface area contributed by atoms with E-state index in [2.05, 4.69) is 22.2 Å². The average molecular weight is 338 g/mol. The monoisotopic (exact) mass is 338 g/mol. The molecule has 3 heterocycles. The standard InChI is InChI=1S/C16H26N4O4/c1-3-20-6-7-24-13(14(20)12-4-5-18-19(12)2)8-17-15(22)16(9-21)10-23-11-16/h4-5,13-14,21H,3,6-11H2,1-2H3,(H,17,22)/t13-,14-/m0/s1. The summed E-state index contributed by atoms with van der Waals surface area (Å²) in [6.07, 6.45) is 1.62. The summed E-state index contributed by atoms with van der Waals surface area (Å²) in [5, 5.41) is 16.7. The number of morpholine rings is 1. The van der Waals surface area contributed by atoms with Crippen molar-refractivity contribution in [3.05, 3.63) is 18.0 Å². The van der Waals surface area contributed by atoms with E-state index in [-0.39, 0.29) is 37.9 Å². The number of nitrogens with zero attached hydrogens (tertiary/aromatic N) is 3. The molecule has 2 aliphatic rings. The van der Waals surface area contributed by atoms with Crippen LogP contribution in [0.4, 0.5) is 0 Å². The summed E-state index contributed by atoms with van der Waals surface area (Å²) < 4.78 is 12.9. The van der Waals surface area contributed by atoms with Crippen LogP contribution in [0.25, 0.3) is 0 Å². The van der Waals surface area contributed by atoms with Crippen molar-refractivity contribution in [2.75, 3.05) is 46.1 Å². The summed E-state index contributed by atoms with van der Waals surface area (Å²) >= 11 is 0. The lowest BCUT2D eigenvalue weighted by molar-refractivity contribution is -0.171. The third-order valence-electron chi connectivity index (χ3n) is 5.03. The molecule has 0 radical (unpaired) electrons. The molecule has 1 amide bonds. The summed E-state index contributed by atoms with van der Waals surface area (Å²) in [5.41, 5.74) is 0.279. The van der Waals surface area contributed by atoms with Crippen molar-refractivity contribution in [3.63, 3.8) is 0 Å². The number of aliphatic hydroxyl groups is 1. The maximum absolute atomic E-state index is 12.4. The number of carbonyl (C=O) groups excluding carboxylic acids is 1. The molecule has 0 unspecified atom stereocenters. The first-order valence-electron chi connectivity index (χ1n) is 8.42. The summed E-state index contributed by atoms with van der Waals surface area (Å²) in [7, 11) is 1.92. The Labute approximate surface area is 141 Å². The Hall–Kier alpha value is -1.48. The topological polar surface area (TPSA) is 88.8 Å². The first-order chi connectivity index (χ1) is 11.6. The minimum Gasteiger partial charge on any atom is -0.395 e. The van der Waals surface area contributed by atoms with Crippen molar-refractivity contribution in [1.82, 2.24) is 20.0 Å². The molecule has 2 N–H and O–H groups in total. The summed E-state index contributed by atoms with van der Waals surface area (Å²) in [5.74, 6) is -0.169. The number of carbonyl (C=O) groups is 1. The third-order valence-corrected chi connectivity index (χ3v) is 5.03. The van der Waals surface area contributed by atoms with Crippen molar-refractivity contribution in [1.29, 1.82) is 0 Å². The molecule has 0 spiro atoms. The molecule has 0 aromatic carbocycles. The highest BCUT2D eigenvalue weighted by Crippen LogP contribution is 2.30. The zero-order chi connectivity index (χ0) is 17.2. The fraction of sp³-hybridized carbons (Fsp3) is 0.750. The number of nitrogens with one attached hydrogen (secondary N) is 1. The highest BCUT2D eigenvalue weighted by atomic mass is 16.5. The van der Waals surface area contributed by atoms with E-state index >= 15 is 0 Å². The molecule has 1 aromatic rings. The summed E-state index contributed by atoms with van der Waals surface area (Å²) in [6, 6.07) is 2.03. The quantitative estimate of drug-likeness (QED) is 0.714. The van der Waals surface area contributed by atoms with Crippen LogP contribution < -0.4 is 5.32 Å². The molecular weight excluding hydrogens is 312 g/mol. The molecule has 8 nitrogen and oxygen atoms in total. The Balaban J connectivity index is 1.70. The molecule has 0 bridgehead atoms. The smallest absolute Gasteiger partial charge is 0.233 e. The number of aryl methyl sites for hydroxylation is 1. The Morgan fingerprint density at radius 1 is 1.54 bits per heavy atom. The molecule has 3 rings (SSSR count). The van der Waals surface area contributed by atoms with Crippen LogP contribution in [0.15, 0.2) is 12.3 Å². The molecule has 2 atom stereocenters. The second-order valence-corrected chi connectivity index (χ2v) is 6.50. The minimum atomic E-state index is -0.791. The van der Waals surface area contributed by atoms with E-state index in [1.54, 1.807) is 6.20 Å². The predicted octanol–water partition coefficient (Wildman–Crippen LogP) is -0.693. The number of likely N-dealkylation sites (N-methyl/N-ethyl adjacent to an activating group) is 1. The molecule has 2 saturated heterocycles. The molecule has 0 aliphatic carbocycles. The lowest BCUT2D eigenvalue weighted by Gasteiger charge is -2.42. The Kier molecular flexibility index (Phi) is 5.19. The number of rotatable bonds is 6. The van der Waals surface area contributed by atoms with Gasteiger partial charge in [-0.1, -0.05) is 6.92 Å². The van der Waals surface area contributed by atoms with Crippen LogP contribution in [0.5, 0.6) is 0 Å². The first-order valence-corrected chi connectivity index (χ1v) is 8.42. The highest BCUT2D eigenvalue weighted by Gasteiger charge is 2.46. The lowest BCUT2D eigenvalue weighted by atomic mass is 9.86. The van der Waals surface area contributed by atoms with Gasteiger partial charge in [0.2, 0.25) is 5.91 Å². The van der Waals surface area contributed by atoms with Gasteiger partial charge in [0, 0.05) is 26.3 Å². The van der Waals surface area contributed by atoms with Crippen molar-refractivity contribution < 1.29 is 19.4 Å². The van der Waals surface area contributed by atoms with Gasteiger partial charge in [0.05, 0.1) is 44.3 Å². The highest BCUT2D eigenvalue weighted by molar-refractivity contribution is 5.83. The largest absolute Gasteiger partial charge is 0.395 e. The van der Waals surface area contributed by atoms with Crippen LogP contribution in [0.1, 0.15) is 18.7 Å². The van der Waals surface area contributed by atoms with Gasteiger partial charge in [0.1, 0.15) is 5.41 Å². The molecule has 2 aliphatic heterocycles. The Morgan fingerprint density at radius 3 is 2.88 bits per heavy atom. The molecule has 2 fully saturated rings. The predicted molar refractivity (Wildman–Crippen MR) is 86.3 cm³/mol. The summed E-state index contributed by atoms with van der Waals surface area (Å²) in [4.78, 5) is 14.7. The fourth-order valence-corrected chi connectivity index (χ4v) is 3.39. The second kappa shape index (κ2) is 7.18. The number of aromatic nitrogens is 2. The fourth-order valence-electron chi connectivity index (χ4n) is 3.39. The van der Waals surface area contributed by atoms with Crippen molar-refractivity contribution in [3.8, 4) is 0 Å². The van der Waals surface area contributed by atoms with Crippen molar-refractivity contribution in [2.24, 2.45) is 12.5 Å². The zero-order valence-corrected chi connectivity index (χ0v) is 14.3.